The van der Waals surface area contributed by atoms with Crippen LogP contribution in [0.4, 0.5) is 0 Å². The Hall–Kier alpha value is -3.12. The molecule has 0 amide bonds. The normalized spacial score (nSPS) is 11.1. The van der Waals surface area contributed by atoms with Gasteiger partial charge >= 0.3 is 11.9 Å². The minimum absolute atomic E-state index is 0.184. The molecule has 6 heteroatoms. The highest BCUT2D eigenvalue weighted by molar-refractivity contribution is 5.81. The molecule has 0 fully saturated rings. The largest absolute Gasteiger partial charge is 0.490 e. The topological polar surface area (TPSA) is 71.1 Å². The number of methoxy groups -OCH3 is 1. The number of ether oxygens (including phenoxy) is 4. The van der Waals surface area contributed by atoms with Crippen molar-refractivity contribution in [2.24, 2.45) is 5.41 Å². The quantitative estimate of drug-likeness (QED) is 0.216. The predicted octanol–water partition coefficient (Wildman–Crippen LogP) is 5.17. The fraction of sp³-hybridized carbons (Fsp3) is 0.429. The number of esters is 2. The van der Waals surface area contributed by atoms with E-state index in [-0.39, 0.29) is 25.2 Å². The first-order valence-electron chi connectivity index (χ1n) is 11.6. The lowest BCUT2D eigenvalue weighted by Gasteiger charge is -2.21. The molecule has 6 nitrogen and oxygen atoms in total. The number of rotatable bonds is 14. The van der Waals surface area contributed by atoms with Crippen molar-refractivity contribution in [3.8, 4) is 16.9 Å². The van der Waals surface area contributed by atoms with Crippen molar-refractivity contribution in [2.45, 2.75) is 40.0 Å². The summed E-state index contributed by atoms with van der Waals surface area (Å²) in [6.45, 7) is 10.2. The van der Waals surface area contributed by atoms with Crippen LogP contribution in [0.5, 0.6) is 5.75 Å². The van der Waals surface area contributed by atoms with Crippen molar-refractivity contribution < 1.29 is 28.5 Å². The maximum absolute atomic E-state index is 12.1. The lowest BCUT2D eigenvalue weighted by molar-refractivity contribution is -0.157. The second-order valence-corrected chi connectivity index (χ2v) is 8.65. The van der Waals surface area contributed by atoms with Crippen molar-refractivity contribution in [3.63, 3.8) is 0 Å². The van der Waals surface area contributed by atoms with Gasteiger partial charge in [-0.25, -0.2) is 4.79 Å². The smallest absolute Gasteiger partial charge is 0.330 e. The van der Waals surface area contributed by atoms with Crippen LogP contribution in [-0.4, -0.2) is 45.5 Å². The zero-order valence-corrected chi connectivity index (χ0v) is 20.7. The third kappa shape index (κ3) is 8.34. The first-order chi connectivity index (χ1) is 16.3. The third-order valence-corrected chi connectivity index (χ3v) is 5.39. The fourth-order valence-electron chi connectivity index (χ4n) is 3.50. The summed E-state index contributed by atoms with van der Waals surface area (Å²) in [4.78, 5) is 23.2. The highest BCUT2D eigenvalue weighted by atomic mass is 16.6. The minimum Gasteiger partial charge on any atom is -0.490 e. The van der Waals surface area contributed by atoms with E-state index in [1.54, 1.807) is 21.0 Å². The van der Waals surface area contributed by atoms with Crippen LogP contribution in [0.15, 0.2) is 55.1 Å². The Morgan fingerprint density at radius 2 is 1.74 bits per heavy atom. The van der Waals surface area contributed by atoms with Crippen LogP contribution in [0.25, 0.3) is 11.1 Å². The first-order valence-corrected chi connectivity index (χ1v) is 11.6. The minimum atomic E-state index is -0.681. The maximum atomic E-state index is 12.1. The van der Waals surface area contributed by atoms with Gasteiger partial charge in [0.2, 0.25) is 0 Å². The molecule has 0 saturated carbocycles. The van der Waals surface area contributed by atoms with Crippen LogP contribution in [0.3, 0.4) is 0 Å². The Morgan fingerprint density at radius 3 is 2.38 bits per heavy atom. The van der Waals surface area contributed by atoms with Crippen molar-refractivity contribution >= 4 is 11.9 Å². The van der Waals surface area contributed by atoms with Crippen LogP contribution in [0, 0.1) is 5.41 Å². The van der Waals surface area contributed by atoms with Gasteiger partial charge in [-0.05, 0) is 67.5 Å². The Labute approximate surface area is 202 Å². The number of aryl methyl sites for hydroxylation is 2. The molecule has 0 spiro atoms. The van der Waals surface area contributed by atoms with Gasteiger partial charge in [-0.1, -0.05) is 43.8 Å². The Morgan fingerprint density at radius 1 is 1.00 bits per heavy atom. The Kier molecular flexibility index (Phi) is 10.8. The predicted molar refractivity (Wildman–Crippen MR) is 133 cm³/mol. The molecule has 0 aromatic heterocycles. The summed E-state index contributed by atoms with van der Waals surface area (Å²) in [7, 11) is 1.56. The molecule has 0 aliphatic rings. The molecule has 0 atom stereocenters. The number of hydrogen-bond acceptors (Lipinski definition) is 6. The van der Waals surface area contributed by atoms with Crippen molar-refractivity contribution in [3.05, 3.63) is 66.2 Å². The molecular formula is C28H36O6. The van der Waals surface area contributed by atoms with Gasteiger partial charge in [-0.3, -0.25) is 4.79 Å². The standard InChI is InChI=1S/C28H36O6/c1-6-22-19-24(32-17-18-34-27(30)28(3,4)20-31-5)14-15-25(22)23-12-10-21(11-13-23)9-8-16-33-26(29)7-2/h7,10-15,19H,2,6,8-9,16-18,20H2,1,3-5H3. The molecule has 184 valence electrons. The van der Waals surface area contributed by atoms with Crippen LogP contribution in [-0.2, 0) is 36.6 Å². The Bertz CT molecular complexity index is 946. The molecule has 2 aromatic carbocycles. The molecule has 0 aliphatic heterocycles. The fourth-order valence-corrected chi connectivity index (χ4v) is 3.50. The van der Waals surface area contributed by atoms with Gasteiger partial charge in [-0.15, -0.1) is 0 Å². The zero-order valence-electron chi connectivity index (χ0n) is 20.7. The molecule has 2 rings (SSSR count). The average molecular weight is 469 g/mol. The first kappa shape index (κ1) is 27.1. The molecule has 0 saturated heterocycles. The van der Waals surface area contributed by atoms with Gasteiger partial charge in [0.05, 0.1) is 18.6 Å². The summed E-state index contributed by atoms with van der Waals surface area (Å²) >= 11 is 0. The van der Waals surface area contributed by atoms with Crippen LogP contribution in [0.2, 0.25) is 0 Å². The summed E-state index contributed by atoms with van der Waals surface area (Å²) in [6.07, 6.45) is 3.65. The number of benzene rings is 2. The number of hydrogen-bond donors (Lipinski definition) is 0. The summed E-state index contributed by atoms with van der Waals surface area (Å²) in [5.41, 5.74) is 3.99. The van der Waals surface area contributed by atoms with Gasteiger partial charge in [0.25, 0.3) is 0 Å². The molecule has 0 unspecified atom stereocenters. The van der Waals surface area contributed by atoms with Crippen LogP contribution >= 0.6 is 0 Å². The van der Waals surface area contributed by atoms with E-state index in [0.717, 1.165) is 36.1 Å². The summed E-state index contributed by atoms with van der Waals surface area (Å²) < 4.78 is 21.2. The van der Waals surface area contributed by atoms with Crippen molar-refractivity contribution in [2.75, 3.05) is 33.5 Å². The van der Waals surface area contributed by atoms with Gasteiger partial charge in [0.15, 0.2) is 0 Å². The molecule has 0 heterocycles. The Balaban J connectivity index is 1.90. The molecule has 2 aromatic rings. The maximum Gasteiger partial charge on any atom is 0.330 e. The highest BCUT2D eigenvalue weighted by Crippen LogP contribution is 2.28. The van der Waals surface area contributed by atoms with E-state index >= 15 is 0 Å². The molecule has 0 bridgehead atoms. The zero-order chi connectivity index (χ0) is 25.0. The van der Waals surface area contributed by atoms with Gasteiger partial charge in [0.1, 0.15) is 19.0 Å². The van der Waals surface area contributed by atoms with E-state index in [9.17, 15) is 9.59 Å². The SMILES string of the molecule is C=CC(=O)OCCCc1ccc(-c2ccc(OCCOC(=O)C(C)(C)COC)cc2CC)cc1. The van der Waals surface area contributed by atoms with Crippen LogP contribution in [0.1, 0.15) is 38.3 Å². The molecular weight excluding hydrogens is 432 g/mol. The monoisotopic (exact) mass is 468 g/mol. The molecule has 0 radical (unpaired) electrons. The molecule has 0 aliphatic carbocycles. The molecule has 34 heavy (non-hydrogen) atoms. The van der Waals surface area contributed by atoms with Crippen molar-refractivity contribution in [1.82, 2.24) is 0 Å². The lowest BCUT2D eigenvalue weighted by atomic mass is 9.95. The highest BCUT2D eigenvalue weighted by Gasteiger charge is 2.29. The van der Waals surface area contributed by atoms with Crippen molar-refractivity contribution in [1.29, 1.82) is 0 Å². The van der Waals surface area contributed by atoms with Gasteiger partial charge in [-0.2, -0.15) is 0 Å². The third-order valence-electron chi connectivity index (χ3n) is 5.39. The second-order valence-electron chi connectivity index (χ2n) is 8.65. The summed E-state index contributed by atoms with van der Waals surface area (Å²) in [5.74, 6) is 0.0594. The summed E-state index contributed by atoms with van der Waals surface area (Å²) in [5, 5.41) is 0. The van der Waals surface area contributed by atoms with E-state index in [0.29, 0.717) is 13.2 Å². The second kappa shape index (κ2) is 13.6. The van der Waals surface area contributed by atoms with Crippen LogP contribution < -0.4 is 4.74 Å². The van der Waals surface area contributed by atoms with E-state index < -0.39 is 5.41 Å². The molecule has 0 N–H and O–H groups in total. The lowest BCUT2D eigenvalue weighted by Crippen LogP contribution is -2.32. The van der Waals surface area contributed by atoms with E-state index in [2.05, 4.69) is 43.8 Å². The average Bonchev–Trinajstić information content (AvgIpc) is 2.84. The van der Waals surface area contributed by atoms with Gasteiger partial charge in [0, 0.05) is 13.2 Å². The number of carbonyl (C=O) groups is 2. The van der Waals surface area contributed by atoms with E-state index in [1.807, 2.05) is 12.1 Å². The van der Waals surface area contributed by atoms with E-state index in [4.69, 9.17) is 18.9 Å². The van der Waals surface area contributed by atoms with E-state index in [1.165, 1.54) is 17.2 Å². The summed E-state index contributed by atoms with van der Waals surface area (Å²) in [6, 6.07) is 14.5. The van der Waals surface area contributed by atoms with Gasteiger partial charge < -0.3 is 18.9 Å². The number of carbonyl (C=O) groups excluding carboxylic acids is 2.